The van der Waals surface area contributed by atoms with Gasteiger partial charge in [-0.05, 0) is 55.2 Å². The van der Waals surface area contributed by atoms with Gasteiger partial charge in [-0.25, -0.2) is 8.42 Å². The molecule has 1 aromatic heterocycles. The second-order valence-electron chi connectivity index (χ2n) is 7.97. The van der Waals surface area contributed by atoms with Gasteiger partial charge < -0.3 is 15.4 Å². The zero-order valence-electron chi connectivity index (χ0n) is 18.5. The molecule has 1 unspecified atom stereocenters. The summed E-state index contributed by atoms with van der Waals surface area (Å²) in [5, 5.41) is 5.60. The minimum Gasteiger partial charge on any atom is -0.497 e. The van der Waals surface area contributed by atoms with E-state index in [1.165, 1.54) is 4.31 Å². The van der Waals surface area contributed by atoms with E-state index in [1.807, 2.05) is 13.8 Å². The number of thiophene rings is 1. The summed E-state index contributed by atoms with van der Waals surface area (Å²) in [5.74, 6) is -0.163. The molecule has 0 aliphatic carbocycles. The molecule has 3 rings (SSSR count). The first-order valence-corrected chi connectivity index (χ1v) is 12.8. The molecule has 2 aromatic rings. The van der Waals surface area contributed by atoms with Crippen molar-refractivity contribution in [2.45, 2.75) is 43.5 Å². The molecule has 32 heavy (non-hydrogen) atoms. The summed E-state index contributed by atoms with van der Waals surface area (Å²) in [6, 6.07) is 9.22. The van der Waals surface area contributed by atoms with Crippen LogP contribution in [0.1, 0.15) is 41.9 Å². The number of sulfonamides is 1. The fourth-order valence-corrected chi connectivity index (χ4v) is 6.40. The van der Waals surface area contributed by atoms with Gasteiger partial charge in [0, 0.05) is 23.5 Å². The molecule has 174 valence electrons. The molecule has 0 radical (unpaired) electrons. The number of carbonyl (C=O) groups is 2. The van der Waals surface area contributed by atoms with Crippen LogP contribution in [0.15, 0.2) is 40.6 Å². The van der Waals surface area contributed by atoms with E-state index < -0.39 is 16.1 Å². The van der Waals surface area contributed by atoms with Gasteiger partial charge in [0.2, 0.25) is 5.91 Å². The van der Waals surface area contributed by atoms with Crippen LogP contribution in [0.25, 0.3) is 0 Å². The average molecular weight is 480 g/mol. The molecule has 2 heterocycles. The highest BCUT2D eigenvalue weighted by Gasteiger charge is 2.29. The van der Waals surface area contributed by atoms with Gasteiger partial charge in [-0.3, -0.25) is 9.59 Å². The molecule has 10 heteroatoms. The van der Waals surface area contributed by atoms with Crippen molar-refractivity contribution in [1.29, 1.82) is 0 Å². The standard InChI is InChI=1S/C22H29N3O5S2/c1-15(2)20(24-21(26)16-6-8-17(30-3)9-7-16)22(27)23-14-18-10-11-19(31-18)32(28,29)25-12-4-5-13-25/h6-11,15,20H,4-5,12-14H2,1-3H3,(H,23,27)(H,24,26). The number of hydrogen-bond donors (Lipinski definition) is 2. The zero-order valence-corrected chi connectivity index (χ0v) is 20.1. The van der Waals surface area contributed by atoms with Gasteiger partial charge in [0.15, 0.2) is 0 Å². The van der Waals surface area contributed by atoms with Crippen LogP contribution in [0.2, 0.25) is 0 Å². The highest BCUT2D eigenvalue weighted by molar-refractivity contribution is 7.91. The molecule has 8 nitrogen and oxygen atoms in total. The van der Waals surface area contributed by atoms with Crippen LogP contribution in [-0.4, -0.2) is 50.8 Å². The molecule has 1 aliphatic heterocycles. The van der Waals surface area contributed by atoms with Crippen molar-refractivity contribution in [3.05, 3.63) is 46.8 Å². The third kappa shape index (κ3) is 5.67. The number of nitrogens with one attached hydrogen (secondary N) is 2. The lowest BCUT2D eigenvalue weighted by Crippen LogP contribution is -2.49. The average Bonchev–Trinajstić information content (AvgIpc) is 3.48. The number of amides is 2. The van der Waals surface area contributed by atoms with Crippen molar-refractivity contribution in [1.82, 2.24) is 14.9 Å². The van der Waals surface area contributed by atoms with E-state index in [-0.39, 0.29) is 28.5 Å². The molecular formula is C22H29N3O5S2. The summed E-state index contributed by atoms with van der Waals surface area (Å²) < 4.78 is 32.2. The molecule has 1 aliphatic rings. The minimum absolute atomic E-state index is 0.133. The summed E-state index contributed by atoms with van der Waals surface area (Å²) in [7, 11) is -1.92. The number of ether oxygens (including phenoxy) is 1. The Morgan fingerprint density at radius 2 is 1.75 bits per heavy atom. The lowest BCUT2D eigenvalue weighted by Gasteiger charge is -2.21. The molecule has 2 amide bonds. The summed E-state index contributed by atoms with van der Waals surface area (Å²) in [6.45, 7) is 5.00. The predicted molar refractivity (Wildman–Crippen MR) is 123 cm³/mol. The third-order valence-electron chi connectivity index (χ3n) is 5.32. The Bertz CT molecular complexity index is 1040. The first-order chi connectivity index (χ1) is 15.2. The smallest absolute Gasteiger partial charge is 0.252 e. The largest absolute Gasteiger partial charge is 0.497 e. The Balaban J connectivity index is 1.60. The number of benzene rings is 1. The van der Waals surface area contributed by atoms with Crippen LogP contribution >= 0.6 is 11.3 Å². The molecule has 0 bridgehead atoms. The highest BCUT2D eigenvalue weighted by atomic mass is 32.2. The van der Waals surface area contributed by atoms with Crippen LogP contribution in [0.3, 0.4) is 0 Å². The SMILES string of the molecule is COc1ccc(C(=O)NC(C(=O)NCc2ccc(S(=O)(=O)N3CCCC3)s2)C(C)C)cc1. The monoisotopic (exact) mass is 479 g/mol. The van der Waals surface area contributed by atoms with Crippen LogP contribution in [-0.2, 0) is 21.4 Å². The summed E-state index contributed by atoms with van der Waals surface area (Å²) in [5.41, 5.74) is 0.430. The Labute approximate surface area is 193 Å². The fraction of sp³-hybridized carbons (Fsp3) is 0.455. The van der Waals surface area contributed by atoms with Gasteiger partial charge in [-0.15, -0.1) is 11.3 Å². The summed E-state index contributed by atoms with van der Waals surface area (Å²) >= 11 is 1.16. The number of carbonyl (C=O) groups excluding carboxylic acids is 2. The van der Waals surface area contributed by atoms with E-state index in [4.69, 9.17) is 4.74 Å². The van der Waals surface area contributed by atoms with Crippen molar-refractivity contribution in [3.63, 3.8) is 0 Å². The van der Waals surface area contributed by atoms with E-state index in [2.05, 4.69) is 10.6 Å². The number of methoxy groups -OCH3 is 1. The Morgan fingerprint density at radius 1 is 1.09 bits per heavy atom. The van der Waals surface area contributed by atoms with Gasteiger partial charge in [-0.1, -0.05) is 13.8 Å². The van der Waals surface area contributed by atoms with Crippen LogP contribution in [0.5, 0.6) is 5.75 Å². The van der Waals surface area contributed by atoms with Crippen molar-refractivity contribution < 1.29 is 22.7 Å². The lowest BCUT2D eigenvalue weighted by molar-refractivity contribution is -0.124. The quantitative estimate of drug-likeness (QED) is 0.575. The van der Waals surface area contributed by atoms with Crippen LogP contribution < -0.4 is 15.4 Å². The lowest BCUT2D eigenvalue weighted by atomic mass is 10.0. The molecule has 1 fully saturated rings. The Hall–Kier alpha value is -2.43. The van der Waals surface area contributed by atoms with Crippen LogP contribution in [0.4, 0.5) is 0 Å². The Kier molecular flexibility index (Phi) is 7.91. The number of nitrogens with zero attached hydrogens (tertiary/aromatic N) is 1. The summed E-state index contributed by atoms with van der Waals surface area (Å²) in [6.07, 6.45) is 1.76. The zero-order chi connectivity index (χ0) is 23.3. The van der Waals surface area contributed by atoms with Crippen LogP contribution in [0, 0.1) is 5.92 Å². The van der Waals surface area contributed by atoms with Gasteiger partial charge >= 0.3 is 0 Å². The fourth-order valence-electron chi connectivity index (χ4n) is 3.43. The topological polar surface area (TPSA) is 105 Å². The van der Waals surface area contributed by atoms with E-state index in [0.717, 1.165) is 29.1 Å². The Morgan fingerprint density at radius 3 is 2.34 bits per heavy atom. The van der Waals surface area contributed by atoms with E-state index in [1.54, 1.807) is 43.5 Å². The van der Waals surface area contributed by atoms with E-state index in [0.29, 0.717) is 24.4 Å². The second kappa shape index (κ2) is 10.5. The van der Waals surface area contributed by atoms with E-state index >= 15 is 0 Å². The van der Waals surface area contributed by atoms with Gasteiger partial charge in [-0.2, -0.15) is 4.31 Å². The third-order valence-corrected chi connectivity index (χ3v) is 8.77. The predicted octanol–water partition coefficient (Wildman–Crippen LogP) is 2.61. The van der Waals surface area contributed by atoms with Crippen molar-refractivity contribution in [2.24, 2.45) is 5.92 Å². The minimum atomic E-state index is -3.46. The molecule has 1 aromatic carbocycles. The molecule has 0 spiro atoms. The maximum absolute atomic E-state index is 12.8. The molecule has 0 saturated carbocycles. The van der Waals surface area contributed by atoms with Crippen molar-refractivity contribution in [2.75, 3.05) is 20.2 Å². The van der Waals surface area contributed by atoms with E-state index in [9.17, 15) is 18.0 Å². The second-order valence-corrected chi connectivity index (χ2v) is 11.3. The maximum Gasteiger partial charge on any atom is 0.252 e. The first kappa shape index (κ1) is 24.2. The number of rotatable bonds is 9. The maximum atomic E-state index is 12.8. The number of hydrogen-bond acceptors (Lipinski definition) is 6. The van der Waals surface area contributed by atoms with Crippen molar-refractivity contribution in [3.8, 4) is 5.75 Å². The van der Waals surface area contributed by atoms with Gasteiger partial charge in [0.25, 0.3) is 15.9 Å². The molecule has 1 atom stereocenters. The summed E-state index contributed by atoms with van der Waals surface area (Å²) in [4.78, 5) is 26.1. The van der Waals surface area contributed by atoms with Crippen molar-refractivity contribution >= 4 is 33.2 Å². The molecule has 1 saturated heterocycles. The highest BCUT2D eigenvalue weighted by Crippen LogP contribution is 2.27. The van der Waals surface area contributed by atoms with Gasteiger partial charge in [0.05, 0.1) is 13.7 Å². The normalized spacial score (nSPS) is 15.5. The first-order valence-electron chi connectivity index (χ1n) is 10.5. The van der Waals surface area contributed by atoms with Gasteiger partial charge in [0.1, 0.15) is 16.0 Å². The molecular weight excluding hydrogens is 450 g/mol. The molecule has 2 N–H and O–H groups in total.